The first-order valence-electron chi connectivity index (χ1n) is 10.6. The molecule has 0 aromatic rings. The molecular formula is C20H47BN2O3Si2. The second kappa shape index (κ2) is 10.9. The van der Waals surface area contributed by atoms with Crippen LogP contribution in [0.15, 0.2) is 12.2 Å². The third-order valence-corrected chi connectivity index (χ3v) is 15.2. The topological polar surface area (TPSA) is 76.7 Å². The van der Waals surface area contributed by atoms with Gasteiger partial charge in [0.05, 0.1) is 18.8 Å². The van der Waals surface area contributed by atoms with Gasteiger partial charge in [0.2, 0.25) is 0 Å². The Morgan fingerprint density at radius 1 is 1.04 bits per heavy atom. The van der Waals surface area contributed by atoms with Crippen LogP contribution in [0.4, 0.5) is 0 Å². The zero-order valence-electron chi connectivity index (χ0n) is 20.3. The second-order valence-corrected chi connectivity index (χ2v) is 20.4. The molecule has 0 saturated heterocycles. The first-order valence-corrected chi connectivity index (χ1v) is 16.4. The van der Waals surface area contributed by atoms with E-state index in [4.69, 9.17) is 14.6 Å². The van der Waals surface area contributed by atoms with E-state index in [0.717, 1.165) is 6.42 Å². The molecule has 0 aromatic heterocycles. The van der Waals surface area contributed by atoms with Crippen molar-refractivity contribution in [2.45, 2.75) is 103 Å². The number of rotatable bonds is 11. The molecule has 4 N–H and O–H groups in total. The molecule has 0 saturated carbocycles. The fourth-order valence-corrected chi connectivity index (χ4v) is 4.47. The summed E-state index contributed by atoms with van der Waals surface area (Å²) in [6, 6.07) is -0.128. The van der Waals surface area contributed by atoms with Crippen LogP contribution in [-0.2, 0) is 8.85 Å². The lowest BCUT2D eigenvalue weighted by molar-refractivity contribution is 0.141. The summed E-state index contributed by atoms with van der Waals surface area (Å²) in [5, 5.41) is 13.6. The van der Waals surface area contributed by atoms with Gasteiger partial charge in [-0.2, -0.15) is 0 Å². The van der Waals surface area contributed by atoms with Crippen LogP contribution in [0.1, 0.15) is 48.0 Å². The zero-order chi connectivity index (χ0) is 22.4. The molecule has 0 fully saturated rings. The van der Waals surface area contributed by atoms with E-state index in [2.05, 4.69) is 85.1 Å². The van der Waals surface area contributed by atoms with E-state index < -0.39 is 23.7 Å². The minimum Gasteiger partial charge on any atom is -0.437 e. The molecule has 0 bridgehead atoms. The number of hydrogen-bond donors (Lipinski definition) is 3. The van der Waals surface area contributed by atoms with Gasteiger partial charge in [0, 0.05) is 0 Å². The Kier molecular flexibility index (Phi) is 10.9. The quantitative estimate of drug-likeness (QED) is 0.335. The van der Waals surface area contributed by atoms with Crippen molar-refractivity contribution in [1.82, 2.24) is 5.23 Å². The van der Waals surface area contributed by atoms with Crippen molar-refractivity contribution in [2.24, 2.45) is 5.73 Å². The van der Waals surface area contributed by atoms with Crippen molar-refractivity contribution in [2.75, 3.05) is 13.2 Å². The summed E-state index contributed by atoms with van der Waals surface area (Å²) in [5.74, 6) is 0. The van der Waals surface area contributed by atoms with E-state index in [-0.39, 0.29) is 22.2 Å². The Morgan fingerprint density at radius 3 is 1.93 bits per heavy atom. The van der Waals surface area contributed by atoms with Crippen LogP contribution in [0.3, 0.4) is 0 Å². The molecule has 0 aliphatic heterocycles. The minimum atomic E-state index is -2.00. The van der Waals surface area contributed by atoms with Gasteiger partial charge in [0.25, 0.3) is 0 Å². The van der Waals surface area contributed by atoms with Gasteiger partial charge in [0.1, 0.15) is 0 Å². The second-order valence-electron chi connectivity index (χ2n) is 10.9. The largest absolute Gasteiger partial charge is 0.437 e. The number of nitrogens with two attached hydrogens (primary N) is 1. The minimum absolute atomic E-state index is 0.0998. The van der Waals surface area contributed by atoms with Gasteiger partial charge >= 0.3 is 7.05 Å². The van der Waals surface area contributed by atoms with Gasteiger partial charge in [-0.1, -0.05) is 53.7 Å². The summed E-state index contributed by atoms with van der Waals surface area (Å²) in [4.78, 5) is 0. The molecule has 0 radical (unpaired) electrons. The molecule has 0 spiro atoms. The summed E-state index contributed by atoms with van der Waals surface area (Å²) < 4.78 is 13.2. The van der Waals surface area contributed by atoms with Crippen LogP contribution >= 0.6 is 0 Å². The summed E-state index contributed by atoms with van der Waals surface area (Å²) in [7, 11) is -4.55. The third-order valence-electron chi connectivity index (χ3n) is 6.18. The lowest BCUT2D eigenvalue weighted by Gasteiger charge is -2.42. The summed E-state index contributed by atoms with van der Waals surface area (Å²) >= 11 is 0. The average molecular weight is 431 g/mol. The SMILES string of the molecule is CB(O)N[C@H](CO[Si](C)(C)C(C)(C)C)[C@H](C=CCCN)O[Si](C)(C)C(C)(C)C. The van der Waals surface area contributed by atoms with Gasteiger partial charge in [-0.25, -0.2) is 0 Å². The summed E-state index contributed by atoms with van der Waals surface area (Å²) in [5.41, 5.74) is 5.67. The van der Waals surface area contributed by atoms with Gasteiger partial charge in [0.15, 0.2) is 16.6 Å². The Labute approximate surface area is 177 Å². The highest BCUT2D eigenvalue weighted by molar-refractivity contribution is 6.74. The Hall–Kier alpha value is 0.0387. The molecule has 0 aliphatic carbocycles. The molecule has 0 rings (SSSR count). The molecule has 0 unspecified atom stereocenters. The van der Waals surface area contributed by atoms with Gasteiger partial charge in [-0.05, 0) is 56.1 Å². The first-order chi connectivity index (χ1) is 12.4. The third kappa shape index (κ3) is 9.24. The summed E-state index contributed by atoms with van der Waals surface area (Å²) in [6.45, 7) is 25.3. The van der Waals surface area contributed by atoms with Gasteiger partial charge in [-0.3, -0.25) is 0 Å². The van der Waals surface area contributed by atoms with Crippen molar-refractivity contribution in [3.05, 3.63) is 12.2 Å². The maximum Gasteiger partial charge on any atom is 0.373 e. The fourth-order valence-electron chi connectivity index (χ4n) is 2.16. The highest BCUT2D eigenvalue weighted by Crippen LogP contribution is 2.39. The molecule has 8 heteroatoms. The van der Waals surface area contributed by atoms with E-state index in [1.165, 1.54) is 0 Å². The van der Waals surface area contributed by atoms with Crippen LogP contribution in [-0.4, -0.2) is 54.0 Å². The Bertz CT molecular complexity index is 487. The van der Waals surface area contributed by atoms with Crippen molar-refractivity contribution >= 4 is 23.7 Å². The highest BCUT2D eigenvalue weighted by atomic mass is 28.4. The smallest absolute Gasteiger partial charge is 0.373 e. The molecule has 166 valence electrons. The van der Waals surface area contributed by atoms with Gasteiger partial charge in [-0.15, -0.1) is 0 Å². The number of nitrogens with one attached hydrogen (secondary N) is 1. The fraction of sp³-hybridized carbons (Fsp3) is 0.900. The van der Waals surface area contributed by atoms with Crippen LogP contribution < -0.4 is 11.0 Å². The molecular weight excluding hydrogens is 383 g/mol. The molecule has 0 aromatic carbocycles. The van der Waals surface area contributed by atoms with E-state index in [1.807, 2.05) is 0 Å². The van der Waals surface area contributed by atoms with Gasteiger partial charge < -0.3 is 24.8 Å². The molecule has 0 heterocycles. The molecule has 5 nitrogen and oxygen atoms in total. The molecule has 28 heavy (non-hydrogen) atoms. The van der Waals surface area contributed by atoms with Crippen LogP contribution in [0.5, 0.6) is 0 Å². The normalized spacial score (nSPS) is 16.5. The van der Waals surface area contributed by atoms with E-state index in [9.17, 15) is 5.02 Å². The molecule has 0 aliphatic rings. The highest BCUT2D eigenvalue weighted by Gasteiger charge is 2.42. The Balaban J connectivity index is 5.66. The standard InChI is InChI=1S/C20H47BN2O3Si2/c1-19(2,3)27(8,9)25-16-17(23-21(7)24)18(14-12-13-15-22)26-28(10,11)20(4,5)6/h12,14,17-18,23-24H,13,15-16,22H2,1-11H3/t17-,18+/m1/s1. The van der Waals surface area contributed by atoms with E-state index >= 15 is 0 Å². The maximum absolute atomic E-state index is 10.0. The van der Waals surface area contributed by atoms with Crippen LogP contribution in [0.2, 0.25) is 43.1 Å². The van der Waals surface area contributed by atoms with Crippen LogP contribution in [0, 0.1) is 0 Å². The van der Waals surface area contributed by atoms with Crippen molar-refractivity contribution in [3.63, 3.8) is 0 Å². The monoisotopic (exact) mass is 430 g/mol. The Morgan fingerprint density at radius 2 is 1.54 bits per heavy atom. The predicted octanol–water partition coefficient (Wildman–Crippen LogP) is 4.37. The van der Waals surface area contributed by atoms with E-state index in [0.29, 0.717) is 13.2 Å². The summed E-state index contributed by atoms with van der Waals surface area (Å²) in [6.07, 6.45) is 4.82. The molecule has 0 amide bonds. The van der Waals surface area contributed by atoms with Crippen molar-refractivity contribution < 1.29 is 13.9 Å². The van der Waals surface area contributed by atoms with E-state index in [1.54, 1.807) is 6.82 Å². The lowest BCUT2D eigenvalue weighted by Crippen LogP contribution is -2.56. The maximum atomic E-state index is 10.0. The van der Waals surface area contributed by atoms with Crippen molar-refractivity contribution in [3.8, 4) is 0 Å². The van der Waals surface area contributed by atoms with Crippen LogP contribution in [0.25, 0.3) is 0 Å². The first kappa shape index (κ1) is 28.0. The zero-order valence-corrected chi connectivity index (χ0v) is 22.3. The number of hydrogen-bond acceptors (Lipinski definition) is 5. The molecule has 2 atom stereocenters. The lowest BCUT2D eigenvalue weighted by atomic mass is 9.86. The van der Waals surface area contributed by atoms with Crippen molar-refractivity contribution in [1.29, 1.82) is 0 Å². The average Bonchev–Trinajstić information content (AvgIpc) is 2.48. The predicted molar refractivity (Wildman–Crippen MR) is 129 cm³/mol.